The number of ketones is 1. The largest absolute Gasteiger partial charge is 0.294 e. The molecule has 1 aliphatic rings. The fourth-order valence-electron chi connectivity index (χ4n) is 1.75. The lowest BCUT2D eigenvalue weighted by molar-refractivity contribution is 0.101. The van der Waals surface area contributed by atoms with Crippen molar-refractivity contribution in [2.24, 2.45) is 0 Å². The molecule has 1 aliphatic carbocycles. The predicted octanol–water partition coefficient (Wildman–Crippen LogP) is 3.12. The lowest BCUT2D eigenvalue weighted by Gasteiger charge is -2.05. The number of carbonyl (C=O) groups is 1. The third-order valence-corrected chi connectivity index (χ3v) is 4.48. The number of nitrogens with zero attached hydrogens (tertiary/aromatic N) is 4. The van der Waals surface area contributed by atoms with Crippen molar-refractivity contribution in [3.8, 4) is 0 Å². The van der Waals surface area contributed by atoms with Gasteiger partial charge in [0.15, 0.2) is 5.78 Å². The molecule has 0 unspecified atom stereocenters. The predicted molar refractivity (Wildman–Crippen MR) is 74.4 cm³/mol. The molecule has 1 aromatic carbocycles. The Morgan fingerprint density at radius 3 is 2.89 bits per heavy atom. The maximum Gasteiger partial charge on any atom is 0.214 e. The number of carbonyl (C=O) groups excluding carboxylic acids is 1. The Balaban J connectivity index is 1.85. The van der Waals surface area contributed by atoms with Gasteiger partial charge in [0, 0.05) is 14.9 Å². The zero-order chi connectivity index (χ0) is 13.4. The van der Waals surface area contributed by atoms with Crippen molar-refractivity contribution in [1.82, 2.24) is 20.2 Å². The molecule has 98 valence electrons. The first kappa shape index (κ1) is 12.8. The van der Waals surface area contributed by atoms with E-state index in [0.29, 0.717) is 11.6 Å². The number of rotatable bonds is 4. The van der Waals surface area contributed by atoms with Crippen LogP contribution in [0.2, 0.25) is 0 Å². The van der Waals surface area contributed by atoms with Gasteiger partial charge in [-0.25, -0.2) is 4.68 Å². The smallest absolute Gasteiger partial charge is 0.214 e. The molecule has 0 spiro atoms. The van der Waals surface area contributed by atoms with Crippen molar-refractivity contribution in [3.05, 3.63) is 28.2 Å². The van der Waals surface area contributed by atoms with Gasteiger partial charge in [-0.2, -0.15) is 0 Å². The molecule has 19 heavy (non-hydrogen) atoms. The molecule has 0 amide bonds. The summed E-state index contributed by atoms with van der Waals surface area (Å²) in [6.45, 7) is 1.56. The molecule has 7 heteroatoms. The normalized spacial score (nSPS) is 14.6. The second-order valence-electron chi connectivity index (χ2n) is 4.44. The molecule has 1 aromatic heterocycles. The van der Waals surface area contributed by atoms with Gasteiger partial charge in [-0.1, -0.05) is 15.9 Å². The molecule has 0 radical (unpaired) electrons. The Labute approximate surface area is 122 Å². The minimum atomic E-state index is 0.0474. The van der Waals surface area contributed by atoms with Crippen molar-refractivity contribution in [2.75, 3.05) is 0 Å². The highest BCUT2D eigenvalue weighted by atomic mass is 79.9. The molecular formula is C12H11BrN4OS. The van der Waals surface area contributed by atoms with Crippen LogP contribution in [0.1, 0.15) is 36.2 Å². The van der Waals surface area contributed by atoms with Gasteiger partial charge in [-0.15, -0.1) is 5.10 Å². The van der Waals surface area contributed by atoms with Crippen LogP contribution in [0, 0.1) is 0 Å². The third kappa shape index (κ3) is 2.71. The van der Waals surface area contributed by atoms with Crippen LogP contribution in [0.4, 0.5) is 0 Å². The summed E-state index contributed by atoms with van der Waals surface area (Å²) in [5.74, 6) is 0.0474. The van der Waals surface area contributed by atoms with Gasteiger partial charge in [-0.05, 0) is 60.2 Å². The van der Waals surface area contributed by atoms with Crippen molar-refractivity contribution < 1.29 is 4.79 Å². The summed E-state index contributed by atoms with van der Waals surface area (Å²) in [4.78, 5) is 12.4. The molecule has 0 atom stereocenters. The molecular weight excluding hydrogens is 328 g/mol. The molecule has 1 saturated carbocycles. The van der Waals surface area contributed by atoms with Crippen molar-refractivity contribution >= 4 is 33.5 Å². The number of aromatic nitrogens is 4. The second-order valence-corrected chi connectivity index (χ2v) is 6.33. The highest BCUT2D eigenvalue weighted by Crippen LogP contribution is 2.38. The van der Waals surface area contributed by atoms with Crippen LogP contribution in [0.15, 0.2) is 32.7 Å². The van der Waals surface area contributed by atoms with E-state index >= 15 is 0 Å². The molecule has 0 bridgehead atoms. The van der Waals surface area contributed by atoms with E-state index in [1.54, 1.807) is 6.92 Å². The molecule has 5 nitrogen and oxygen atoms in total. The maximum absolute atomic E-state index is 11.4. The molecule has 3 rings (SSSR count). The summed E-state index contributed by atoms with van der Waals surface area (Å²) in [5.41, 5.74) is 0.686. The van der Waals surface area contributed by atoms with Crippen LogP contribution in [-0.2, 0) is 0 Å². The third-order valence-electron chi connectivity index (χ3n) is 2.88. The van der Waals surface area contributed by atoms with E-state index in [1.165, 1.54) is 11.8 Å². The number of tetrazole rings is 1. The quantitative estimate of drug-likeness (QED) is 0.801. The van der Waals surface area contributed by atoms with Crippen LogP contribution in [0.5, 0.6) is 0 Å². The highest BCUT2D eigenvalue weighted by Gasteiger charge is 2.28. The molecule has 0 aliphatic heterocycles. The first-order valence-electron chi connectivity index (χ1n) is 5.91. The number of hydrogen-bond acceptors (Lipinski definition) is 5. The summed E-state index contributed by atoms with van der Waals surface area (Å²) >= 11 is 4.93. The van der Waals surface area contributed by atoms with Gasteiger partial charge in [0.25, 0.3) is 0 Å². The summed E-state index contributed by atoms with van der Waals surface area (Å²) < 4.78 is 2.67. The van der Waals surface area contributed by atoms with Crippen molar-refractivity contribution in [3.63, 3.8) is 0 Å². The number of Topliss-reactive ketones (excluding diaryl/α,β-unsaturated/α-hetero) is 1. The van der Waals surface area contributed by atoms with Gasteiger partial charge in [0.1, 0.15) is 0 Å². The Hall–Kier alpha value is -1.21. The van der Waals surface area contributed by atoms with Gasteiger partial charge in [0.2, 0.25) is 5.16 Å². The van der Waals surface area contributed by atoms with Crippen molar-refractivity contribution in [1.29, 1.82) is 0 Å². The second kappa shape index (κ2) is 5.05. The zero-order valence-electron chi connectivity index (χ0n) is 10.2. The monoisotopic (exact) mass is 338 g/mol. The lowest BCUT2D eigenvalue weighted by atomic mass is 10.2. The number of hydrogen-bond donors (Lipinski definition) is 0. The highest BCUT2D eigenvalue weighted by molar-refractivity contribution is 9.10. The van der Waals surface area contributed by atoms with Crippen LogP contribution >= 0.6 is 27.7 Å². The van der Waals surface area contributed by atoms with Crippen LogP contribution in [-0.4, -0.2) is 26.0 Å². The van der Waals surface area contributed by atoms with Crippen LogP contribution in [0.3, 0.4) is 0 Å². The minimum Gasteiger partial charge on any atom is -0.294 e. The van der Waals surface area contributed by atoms with Crippen molar-refractivity contribution in [2.45, 2.75) is 35.9 Å². The minimum absolute atomic E-state index is 0.0474. The average molecular weight is 339 g/mol. The summed E-state index contributed by atoms with van der Waals surface area (Å²) in [6, 6.07) is 6.11. The maximum atomic E-state index is 11.4. The van der Waals surface area contributed by atoms with Crippen LogP contribution < -0.4 is 0 Å². The van der Waals surface area contributed by atoms with Gasteiger partial charge >= 0.3 is 0 Å². The van der Waals surface area contributed by atoms with Gasteiger partial charge in [0.05, 0.1) is 6.04 Å². The molecule has 0 saturated heterocycles. The fourth-order valence-corrected chi connectivity index (χ4v) is 3.44. The first-order chi connectivity index (χ1) is 9.15. The number of benzene rings is 1. The summed E-state index contributed by atoms with van der Waals surface area (Å²) in [5, 5.41) is 12.6. The number of halogens is 1. The SMILES string of the molecule is CC(=O)c1ccc(Sc2nnnn2C2CC2)cc1Br. The Bertz CT molecular complexity index is 638. The molecule has 1 fully saturated rings. The van der Waals surface area contributed by atoms with E-state index in [9.17, 15) is 4.79 Å². The van der Waals surface area contributed by atoms with E-state index in [-0.39, 0.29) is 5.78 Å². The van der Waals surface area contributed by atoms with Crippen LogP contribution in [0.25, 0.3) is 0 Å². The standard InChI is InChI=1S/C12H11BrN4OS/c1-7(18)10-5-4-9(6-11(10)13)19-12-14-15-16-17(12)8-2-3-8/h4-6,8H,2-3H2,1H3. The van der Waals surface area contributed by atoms with E-state index in [0.717, 1.165) is 27.4 Å². The van der Waals surface area contributed by atoms with E-state index in [4.69, 9.17) is 0 Å². The molecule has 0 N–H and O–H groups in total. The summed E-state index contributed by atoms with van der Waals surface area (Å²) in [7, 11) is 0. The molecule has 2 aromatic rings. The Kier molecular flexibility index (Phi) is 3.40. The van der Waals surface area contributed by atoms with E-state index in [1.807, 2.05) is 22.9 Å². The zero-order valence-corrected chi connectivity index (χ0v) is 12.6. The Morgan fingerprint density at radius 2 is 2.26 bits per heavy atom. The topological polar surface area (TPSA) is 60.7 Å². The van der Waals surface area contributed by atoms with Gasteiger partial charge in [-0.3, -0.25) is 4.79 Å². The van der Waals surface area contributed by atoms with E-state index < -0.39 is 0 Å². The van der Waals surface area contributed by atoms with E-state index in [2.05, 4.69) is 31.5 Å². The Morgan fingerprint density at radius 1 is 1.47 bits per heavy atom. The molecule has 1 heterocycles. The lowest BCUT2D eigenvalue weighted by Crippen LogP contribution is -1.98. The fraction of sp³-hybridized carbons (Fsp3) is 0.333. The van der Waals surface area contributed by atoms with Gasteiger partial charge < -0.3 is 0 Å². The summed E-state index contributed by atoms with van der Waals surface area (Å²) in [6.07, 6.45) is 2.29. The first-order valence-corrected chi connectivity index (χ1v) is 7.52. The average Bonchev–Trinajstić information content (AvgIpc) is 3.10.